The Morgan fingerprint density at radius 1 is 1.26 bits per heavy atom. The molecule has 3 aromatic rings. The summed E-state index contributed by atoms with van der Waals surface area (Å²) >= 11 is 5.95. The van der Waals surface area contributed by atoms with E-state index in [0.717, 1.165) is 5.56 Å². The number of amides is 1. The van der Waals surface area contributed by atoms with Gasteiger partial charge in [-0.3, -0.25) is 14.0 Å². The van der Waals surface area contributed by atoms with Crippen molar-refractivity contribution >= 4 is 23.2 Å². The van der Waals surface area contributed by atoms with Crippen LogP contribution in [-0.4, -0.2) is 27.2 Å². The van der Waals surface area contributed by atoms with Crippen molar-refractivity contribution in [2.45, 2.75) is 6.54 Å². The van der Waals surface area contributed by atoms with Gasteiger partial charge in [-0.15, -0.1) is 0 Å². The van der Waals surface area contributed by atoms with Gasteiger partial charge in [0.2, 0.25) is 0 Å². The number of benzene rings is 1. The lowest BCUT2D eigenvalue weighted by molar-refractivity contribution is 0.0782. The highest BCUT2D eigenvalue weighted by molar-refractivity contribution is 6.30. The van der Waals surface area contributed by atoms with Gasteiger partial charge in [-0.1, -0.05) is 29.8 Å². The van der Waals surface area contributed by atoms with Crippen molar-refractivity contribution in [3.63, 3.8) is 0 Å². The van der Waals surface area contributed by atoms with Crippen LogP contribution in [0.2, 0.25) is 5.02 Å². The predicted octanol–water partition coefficient (Wildman–Crippen LogP) is 2.62. The summed E-state index contributed by atoms with van der Waals surface area (Å²) in [4.78, 5) is 30.6. The van der Waals surface area contributed by atoms with Gasteiger partial charge >= 0.3 is 0 Å². The first-order chi connectivity index (χ1) is 11.1. The average molecular weight is 328 g/mol. The largest absolute Gasteiger partial charge is 0.337 e. The number of nitrogens with zero attached hydrogens (tertiary/aromatic N) is 3. The fourth-order valence-corrected chi connectivity index (χ4v) is 2.57. The van der Waals surface area contributed by atoms with E-state index in [0.29, 0.717) is 17.2 Å². The molecule has 0 radical (unpaired) electrons. The third-order valence-electron chi connectivity index (χ3n) is 3.50. The van der Waals surface area contributed by atoms with Crippen molar-refractivity contribution in [1.29, 1.82) is 0 Å². The fraction of sp³-hybridized carbons (Fsp3) is 0.118. The summed E-state index contributed by atoms with van der Waals surface area (Å²) < 4.78 is 1.36. The lowest BCUT2D eigenvalue weighted by Crippen LogP contribution is -2.32. The molecule has 2 aromatic heterocycles. The first-order valence-electron chi connectivity index (χ1n) is 7.02. The maximum atomic E-state index is 12.5. The van der Waals surface area contributed by atoms with Gasteiger partial charge in [0.25, 0.3) is 11.5 Å². The predicted molar refractivity (Wildman–Crippen MR) is 88.7 cm³/mol. The Morgan fingerprint density at radius 2 is 2.09 bits per heavy atom. The molecule has 1 aromatic carbocycles. The Hall–Kier alpha value is -2.66. The van der Waals surface area contributed by atoms with Gasteiger partial charge in [-0.25, -0.2) is 4.98 Å². The molecule has 0 spiro atoms. The fourth-order valence-electron chi connectivity index (χ4n) is 2.36. The van der Waals surface area contributed by atoms with Crippen LogP contribution < -0.4 is 5.56 Å². The van der Waals surface area contributed by atoms with Crippen LogP contribution in [0.15, 0.2) is 59.7 Å². The Kier molecular flexibility index (Phi) is 4.12. The van der Waals surface area contributed by atoms with Gasteiger partial charge in [0.1, 0.15) is 11.2 Å². The van der Waals surface area contributed by atoms with E-state index in [1.54, 1.807) is 43.6 Å². The maximum Gasteiger partial charge on any atom is 0.270 e. The topological polar surface area (TPSA) is 54.7 Å². The number of halogens is 1. The highest BCUT2D eigenvalue weighted by atomic mass is 35.5. The Bertz CT molecular complexity index is 936. The average Bonchev–Trinajstić information content (AvgIpc) is 2.55. The molecule has 0 aliphatic heterocycles. The van der Waals surface area contributed by atoms with Crippen LogP contribution in [0.3, 0.4) is 0 Å². The van der Waals surface area contributed by atoms with Gasteiger partial charge in [0.05, 0.1) is 0 Å². The zero-order valence-electron chi connectivity index (χ0n) is 12.4. The summed E-state index contributed by atoms with van der Waals surface area (Å²) in [5, 5.41) is 0.607. The summed E-state index contributed by atoms with van der Waals surface area (Å²) in [5.41, 5.74) is 1.06. The van der Waals surface area contributed by atoms with E-state index in [2.05, 4.69) is 4.98 Å². The molecule has 5 nitrogen and oxygen atoms in total. The lowest BCUT2D eigenvalue weighted by Gasteiger charge is -2.17. The molecule has 0 atom stereocenters. The molecule has 0 saturated heterocycles. The van der Waals surface area contributed by atoms with Crippen LogP contribution in [0.4, 0.5) is 0 Å². The number of carbonyl (C=O) groups excluding carboxylic acids is 1. The minimum Gasteiger partial charge on any atom is -0.337 e. The molecule has 23 heavy (non-hydrogen) atoms. The minimum atomic E-state index is -0.376. The van der Waals surface area contributed by atoms with Crippen molar-refractivity contribution < 1.29 is 4.79 Å². The molecule has 1 amide bonds. The number of hydrogen-bond acceptors (Lipinski definition) is 3. The standard InChI is InChI=1S/C17H14ClN3O2/c1-20(11-12-5-4-6-13(18)9-12)16(22)14-10-19-15-7-2-3-8-21(15)17(14)23/h2-10H,11H2,1H3. The molecule has 116 valence electrons. The van der Waals surface area contributed by atoms with E-state index in [1.165, 1.54) is 15.5 Å². The first kappa shape index (κ1) is 15.2. The number of carbonyl (C=O) groups is 1. The molecule has 0 fully saturated rings. The van der Waals surface area contributed by atoms with Gasteiger partial charge < -0.3 is 4.90 Å². The summed E-state index contributed by atoms with van der Waals surface area (Å²) in [6, 6.07) is 12.5. The molecule has 0 bridgehead atoms. The van der Waals surface area contributed by atoms with Crippen molar-refractivity contribution in [2.24, 2.45) is 0 Å². The van der Waals surface area contributed by atoms with Crippen molar-refractivity contribution in [2.75, 3.05) is 7.05 Å². The number of pyridine rings is 1. The van der Waals surface area contributed by atoms with E-state index in [1.807, 2.05) is 12.1 Å². The highest BCUT2D eigenvalue weighted by Crippen LogP contribution is 2.13. The Labute approximate surface area is 137 Å². The van der Waals surface area contributed by atoms with Gasteiger partial charge in [0, 0.05) is 31.0 Å². The van der Waals surface area contributed by atoms with Crippen molar-refractivity contribution in [3.05, 3.63) is 81.4 Å². The lowest BCUT2D eigenvalue weighted by atomic mass is 10.2. The summed E-state index contributed by atoms with van der Waals surface area (Å²) in [6.45, 7) is 0.357. The molecule has 0 N–H and O–H groups in total. The summed E-state index contributed by atoms with van der Waals surface area (Å²) in [6.07, 6.45) is 2.92. The molecule has 6 heteroatoms. The summed E-state index contributed by atoms with van der Waals surface area (Å²) in [5.74, 6) is -0.374. The van der Waals surface area contributed by atoms with E-state index in [4.69, 9.17) is 11.6 Å². The first-order valence-corrected chi connectivity index (χ1v) is 7.40. The third kappa shape index (κ3) is 3.10. The zero-order valence-corrected chi connectivity index (χ0v) is 13.2. The molecular weight excluding hydrogens is 314 g/mol. The maximum absolute atomic E-state index is 12.5. The SMILES string of the molecule is CN(Cc1cccc(Cl)c1)C(=O)c1cnc2ccccn2c1=O. The van der Waals surface area contributed by atoms with E-state index in [9.17, 15) is 9.59 Å². The van der Waals surface area contributed by atoms with Crippen LogP contribution in [0.25, 0.3) is 5.65 Å². The van der Waals surface area contributed by atoms with Crippen molar-refractivity contribution in [3.8, 4) is 0 Å². The van der Waals surface area contributed by atoms with Crippen molar-refractivity contribution in [1.82, 2.24) is 14.3 Å². The molecule has 3 rings (SSSR count). The van der Waals surface area contributed by atoms with Gasteiger partial charge in [0.15, 0.2) is 0 Å². The second kappa shape index (κ2) is 6.22. The third-order valence-corrected chi connectivity index (χ3v) is 3.73. The molecule has 2 heterocycles. The minimum absolute atomic E-state index is 0.0400. The zero-order chi connectivity index (χ0) is 16.4. The van der Waals surface area contributed by atoms with E-state index in [-0.39, 0.29) is 17.0 Å². The number of rotatable bonds is 3. The van der Waals surface area contributed by atoms with E-state index >= 15 is 0 Å². The molecule has 0 aliphatic carbocycles. The quantitative estimate of drug-likeness (QED) is 0.743. The van der Waals surface area contributed by atoms with Crippen LogP contribution >= 0.6 is 11.6 Å². The van der Waals surface area contributed by atoms with Crippen LogP contribution in [0.5, 0.6) is 0 Å². The molecular formula is C17H14ClN3O2. The van der Waals surface area contributed by atoms with Gasteiger partial charge in [-0.2, -0.15) is 0 Å². The molecule has 0 unspecified atom stereocenters. The van der Waals surface area contributed by atoms with Crippen LogP contribution in [-0.2, 0) is 6.54 Å². The summed E-state index contributed by atoms with van der Waals surface area (Å²) in [7, 11) is 1.64. The molecule has 0 aliphatic rings. The van der Waals surface area contributed by atoms with Crippen LogP contribution in [0.1, 0.15) is 15.9 Å². The number of hydrogen-bond donors (Lipinski definition) is 0. The van der Waals surface area contributed by atoms with Crippen LogP contribution in [0, 0.1) is 0 Å². The highest BCUT2D eigenvalue weighted by Gasteiger charge is 2.17. The normalized spacial score (nSPS) is 10.7. The Balaban J connectivity index is 1.91. The second-order valence-corrected chi connectivity index (χ2v) is 5.63. The second-order valence-electron chi connectivity index (χ2n) is 5.20. The molecule has 0 saturated carbocycles. The van der Waals surface area contributed by atoms with Gasteiger partial charge in [-0.05, 0) is 29.8 Å². The Morgan fingerprint density at radius 3 is 2.87 bits per heavy atom. The monoisotopic (exact) mass is 327 g/mol. The van der Waals surface area contributed by atoms with E-state index < -0.39 is 0 Å². The number of aromatic nitrogens is 2. The number of fused-ring (bicyclic) bond motifs is 1. The smallest absolute Gasteiger partial charge is 0.270 e.